The minimum atomic E-state index is -0.133. The Hall–Kier alpha value is -0.570. The SMILES string of the molecule is Cl.OC1CCNC(c2ccccc2)C1. The zero-order valence-corrected chi connectivity index (χ0v) is 8.83. The van der Waals surface area contributed by atoms with Crippen LogP contribution in [-0.2, 0) is 0 Å². The Morgan fingerprint density at radius 3 is 2.57 bits per heavy atom. The fourth-order valence-electron chi connectivity index (χ4n) is 1.84. The minimum absolute atomic E-state index is 0. The van der Waals surface area contributed by atoms with Crippen LogP contribution in [0.15, 0.2) is 30.3 Å². The Balaban J connectivity index is 0.000000980. The maximum absolute atomic E-state index is 9.50. The maximum Gasteiger partial charge on any atom is 0.0570 e. The van der Waals surface area contributed by atoms with Crippen molar-refractivity contribution in [2.45, 2.75) is 25.0 Å². The number of benzene rings is 1. The first-order chi connectivity index (χ1) is 6.36. The lowest BCUT2D eigenvalue weighted by Gasteiger charge is -2.27. The van der Waals surface area contributed by atoms with Crippen LogP contribution in [0.1, 0.15) is 24.4 Å². The van der Waals surface area contributed by atoms with Gasteiger partial charge in [-0.2, -0.15) is 0 Å². The van der Waals surface area contributed by atoms with Crippen LogP contribution in [0, 0.1) is 0 Å². The molecule has 1 aliphatic rings. The number of hydrogen-bond donors (Lipinski definition) is 2. The van der Waals surface area contributed by atoms with E-state index in [2.05, 4.69) is 17.4 Å². The van der Waals surface area contributed by atoms with Gasteiger partial charge < -0.3 is 10.4 Å². The highest BCUT2D eigenvalue weighted by Gasteiger charge is 2.20. The standard InChI is InChI=1S/C11H15NO.ClH/c13-10-6-7-12-11(8-10)9-4-2-1-3-5-9;/h1-5,10-13H,6-8H2;1H. The molecule has 78 valence electrons. The molecule has 3 heteroatoms. The van der Waals surface area contributed by atoms with Gasteiger partial charge in [0.1, 0.15) is 0 Å². The monoisotopic (exact) mass is 213 g/mol. The van der Waals surface area contributed by atoms with E-state index in [0.29, 0.717) is 6.04 Å². The summed E-state index contributed by atoms with van der Waals surface area (Å²) >= 11 is 0. The molecule has 0 bridgehead atoms. The zero-order chi connectivity index (χ0) is 9.10. The van der Waals surface area contributed by atoms with E-state index in [-0.39, 0.29) is 18.5 Å². The highest BCUT2D eigenvalue weighted by Crippen LogP contribution is 2.22. The molecule has 0 radical (unpaired) electrons. The second kappa shape index (κ2) is 5.35. The Bertz CT molecular complexity index is 265. The molecule has 2 unspecified atom stereocenters. The van der Waals surface area contributed by atoms with E-state index in [1.54, 1.807) is 0 Å². The van der Waals surface area contributed by atoms with Crippen molar-refractivity contribution in [3.05, 3.63) is 35.9 Å². The third-order valence-corrected chi connectivity index (χ3v) is 2.58. The minimum Gasteiger partial charge on any atom is -0.393 e. The Kier molecular flexibility index (Phi) is 4.39. The third kappa shape index (κ3) is 2.71. The van der Waals surface area contributed by atoms with Gasteiger partial charge in [-0.1, -0.05) is 30.3 Å². The average Bonchev–Trinajstić information content (AvgIpc) is 2.19. The van der Waals surface area contributed by atoms with Gasteiger partial charge in [-0.25, -0.2) is 0 Å². The maximum atomic E-state index is 9.50. The summed E-state index contributed by atoms with van der Waals surface area (Å²) in [5.74, 6) is 0. The van der Waals surface area contributed by atoms with Crippen LogP contribution < -0.4 is 5.32 Å². The van der Waals surface area contributed by atoms with E-state index in [1.165, 1.54) is 5.56 Å². The van der Waals surface area contributed by atoms with Gasteiger partial charge in [0, 0.05) is 6.04 Å². The molecule has 2 nitrogen and oxygen atoms in total. The summed E-state index contributed by atoms with van der Waals surface area (Å²) in [5.41, 5.74) is 1.28. The van der Waals surface area contributed by atoms with Gasteiger partial charge in [-0.3, -0.25) is 0 Å². The number of rotatable bonds is 1. The van der Waals surface area contributed by atoms with E-state index in [1.807, 2.05) is 18.2 Å². The molecule has 2 rings (SSSR count). The fraction of sp³-hybridized carbons (Fsp3) is 0.455. The second-order valence-electron chi connectivity index (χ2n) is 3.60. The predicted molar refractivity (Wildman–Crippen MR) is 59.7 cm³/mol. The fourth-order valence-corrected chi connectivity index (χ4v) is 1.84. The average molecular weight is 214 g/mol. The van der Waals surface area contributed by atoms with Crippen LogP contribution in [-0.4, -0.2) is 17.8 Å². The lowest BCUT2D eigenvalue weighted by atomic mass is 9.96. The normalized spacial score (nSPS) is 26.6. The molecule has 2 N–H and O–H groups in total. The van der Waals surface area contributed by atoms with Crippen LogP contribution in [0.5, 0.6) is 0 Å². The van der Waals surface area contributed by atoms with E-state index < -0.39 is 0 Å². The van der Waals surface area contributed by atoms with Gasteiger partial charge in [0.2, 0.25) is 0 Å². The molecule has 1 aromatic rings. The Labute approximate surface area is 90.7 Å². The topological polar surface area (TPSA) is 32.3 Å². The molecule has 0 saturated carbocycles. The van der Waals surface area contributed by atoms with Crippen molar-refractivity contribution in [3.8, 4) is 0 Å². The first-order valence-corrected chi connectivity index (χ1v) is 4.82. The van der Waals surface area contributed by atoms with E-state index >= 15 is 0 Å². The van der Waals surface area contributed by atoms with Crippen LogP contribution in [0.4, 0.5) is 0 Å². The number of aliphatic hydroxyl groups excluding tert-OH is 1. The van der Waals surface area contributed by atoms with Crippen molar-refractivity contribution in [3.63, 3.8) is 0 Å². The number of aliphatic hydroxyl groups is 1. The first kappa shape index (κ1) is 11.5. The summed E-state index contributed by atoms with van der Waals surface area (Å²) < 4.78 is 0. The summed E-state index contributed by atoms with van der Waals surface area (Å²) in [6.07, 6.45) is 1.58. The van der Waals surface area contributed by atoms with Gasteiger partial charge >= 0.3 is 0 Å². The Morgan fingerprint density at radius 1 is 1.21 bits per heavy atom. The van der Waals surface area contributed by atoms with Crippen LogP contribution in [0.25, 0.3) is 0 Å². The zero-order valence-electron chi connectivity index (χ0n) is 8.02. The van der Waals surface area contributed by atoms with Gasteiger partial charge in [0.15, 0.2) is 0 Å². The quantitative estimate of drug-likeness (QED) is 0.747. The summed E-state index contributed by atoms with van der Waals surface area (Å²) in [7, 11) is 0. The highest BCUT2D eigenvalue weighted by atomic mass is 35.5. The van der Waals surface area contributed by atoms with Gasteiger partial charge in [-0.05, 0) is 24.9 Å². The van der Waals surface area contributed by atoms with E-state index in [0.717, 1.165) is 19.4 Å². The molecule has 0 spiro atoms. The van der Waals surface area contributed by atoms with E-state index in [9.17, 15) is 5.11 Å². The summed E-state index contributed by atoms with van der Waals surface area (Å²) in [5, 5.41) is 12.9. The molecule has 0 amide bonds. The smallest absolute Gasteiger partial charge is 0.0570 e. The molecule has 1 aromatic carbocycles. The van der Waals surface area contributed by atoms with Crippen LogP contribution in [0.3, 0.4) is 0 Å². The largest absolute Gasteiger partial charge is 0.393 e. The molecular formula is C11H16ClNO. The lowest BCUT2D eigenvalue weighted by molar-refractivity contribution is 0.117. The van der Waals surface area contributed by atoms with Crippen molar-refractivity contribution in [2.24, 2.45) is 0 Å². The lowest BCUT2D eigenvalue weighted by Crippen LogP contribution is -2.34. The molecule has 0 aliphatic carbocycles. The molecule has 1 saturated heterocycles. The second-order valence-corrected chi connectivity index (χ2v) is 3.60. The third-order valence-electron chi connectivity index (χ3n) is 2.58. The number of halogens is 1. The van der Waals surface area contributed by atoms with Crippen molar-refractivity contribution in [2.75, 3.05) is 6.54 Å². The predicted octanol–water partition coefficient (Wildman–Crippen LogP) is 1.89. The summed E-state index contributed by atoms with van der Waals surface area (Å²) in [6.45, 7) is 0.917. The first-order valence-electron chi connectivity index (χ1n) is 4.82. The summed E-state index contributed by atoms with van der Waals surface area (Å²) in [4.78, 5) is 0. The van der Waals surface area contributed by atoms with Crippen LogP contribution >= 0.6 is 12.4 Å². The summed E-state index contributed by atoms with van der Waals surface area (Å²) in [6, 6.07) is 10.6. The molecule has 1 aliphatic heterocycles. The molecule has 0 aromatic heterocycles. The Morgan fingerprint density at radius 2 is 1.93 bits per heavy atom. The highest BCUT2D eigenvalue weighted by molar-refractivity contribution is 5.85. The molecular weight excluding hydrogens is 198 g/mol. The molecule has 1 heterocycles. The van der Waals surface area contributed by atoms with Crippen molar-refractivity contribution in [1.29, 1.82) is 0 Å². The molecule has 2 atom stereocenters. The van der Waals surface area contributed by atoms with Gasteiger partial charge in [0.25, 0.3) is 0 Å². The van der Waals surface area contributed by atoms with Gasteiger partial charge in [0.05, 0.1) is 6.10 Å². The number of hydrogen-bond acceptors (Lipinski definition) is 2. The molecule has 1 fully saturated rings. The van der Waals surface area contributed by atoms with Crippen molar-refractivity contribution >= 4 is 12.4 Å². The molecule has 14 heavy (non-hydrogen) atoms. The van der Waals surface area contributed by atoms with Crippen molar-refractivity contribution in [1.82, 2.24) is 5.32 Å². The van der Waals surface area contributed by atoms with Crippen LogP contribution in [0.2, 0.25) is 0 Å². The number of piperidine rings is 1. The van der Waals surface area contributed by atoms with Gasteiger partial charge in [-0.15, -0.1) is 12.4 Å². The van der Waals surface area contributed by atoms with Crippen molar-refractivity contribution < 1.29 is 5.11 Å². The van der Waals surface area contributed by atoms with E-state index in [4.69, 9.17) is 0 Å². The number of nitrogens with one attached hydrogen (secondary N) is 1.